The van der Waals surface area contributed by atoms with Crippen LogP contribution < -0.4 is 4.74 Å². The summed E-state index contributed by atoms with van der Waals surface area (Å²) in [5.41, 5.74) is -2.89. The molecule has 0 aromatic heterocycles. The predicted molar refractivity (Wildman–Crippen MR) is 64.5 cm³/mol. The van der Waals surface area contributed by atoms with E-state index in [4.69, 9.17) is 4.74 Å². The normalized spacial score (nSPS) is 12.3. The summed E-state index contributed by atoms with van der Waals surface area (Å²) in [6.07, 6.45) is -4.47. The molecule has 1 aromatic rings. The average Bonchev–Trinajstić information content (AvgIpc) is 2.25. The second kappa shape index (κ2) is 5.66. The summed E-state index contributed by atoms with van der Waals surface area (Å²) >= 11 is 0. The molecule has 1 N–H and O–H groups in total. The molecule has 0 heterocycles. The first-order valence-electron chi connectivity index (χ1n) is 5.71. The van der Waals surface area contributed by atoms with Crippen LogP contribution in [0.15, 0.2) is 18.2 Å². The molecule has 0 amide bonds. The molecule has 1 aromatic carbocycles. The van der Waals surface area contributed by atoms with Crippen molar-refractivity contribution in [3.63, 3.8) is 0 Å². The third kappa shape index (κ3) is 4.69. The fraction of sp³-hybridized carbons (Fsp3) is 0.500. The second-order valence-corrected chi connectivity index (χ2v) is 4.85. The maximum atomic E-state index is 12.5. The van der Waals surface area contributed by atoms with E-state index < -0.39 is 28.0 Å². The van der Waals surface area contributed by atoms with Crippen molar-refractivity contribution in [2.24, 2.45) is 0 Å². The minimum Gasteiger partial charge on any atom is -0.487 e. The second-order valence-electron chi connectivity index (χ2n) is 4.85. The van der Waals surface area contributed by atoms with Crippen LogP contribution in [0.25, 0.3) is 0 Å². The monoisotopic (exact) mass is 293 g/mol. The Kier molecular flexibility index (Phi) is 4.59. The first-order chi connectivity index (χ1) is 9.00. The molecule has 0 saturated carbocycles. The summed E-state index contributed by atoms with van der Waals surface area (Å²) in [5.74, 6) is -0.257. The zero-order valence-corrected chi connectivity index (χ0v) is 10.9. The molecule has 5 nitrogen and oxygen atoms in total. The van der Waals surface area contributed by atoms with Gasteiger partial charge in [0.1, 0.15) is 0 Å². The van der Waals surface area contributed by atoms with Gasteiger partial charge in [0.2, 0.25) is 0 Å². The van der Waals surface area contributed by atoms with Gasteiger partial charge in [0, 0.05) is 12.5 Å². The van der Waals surface area contributed by atoms with Gasteiger partial charge in [-0.3, -0.25) is 10.1 Å². The fourth-order valence-corrected chi connectivity index (χ4v) is 1.37. The molecule has 0 saturated heterocycles. The van der Waals surface area contributed by atoms with E-state index in [0.29, 0.717) is 12.1 Å². The van der Waals surface area contributed by atoms with E-state index in [1.165, 1.54) is 13.8 Å². The Labute approximate surface area is 113 Å². The van der Waals surface area contributed by atoms with Gasteiger partial charge in [0.15, 0.2) is 5.75 Å². The average molecular weight is 293 g/mol. The first kappa shape index (κ1) is 16.2. The molecule has 8 heteroatoms. The van der Waals surface area contributed by atoms with E-state index in [1.54, 1.807) is 0 Å². The van der Waals surface area contributed by atoms with Crippen molar-refractivity contribution in [2.45, 2.75) is 32.0 Å². The Hall–Kier alpha value is -1.83. The number of ether oxygens (including phenoxy) is 1. The lowest BCUT2D eigenvalue weighted by Crippen LogP contribution is -2.22. The van der Waals surface area contributed by atoms with Gasteiger partial charge in [-0.2, -0.15) is 13.2 Å². The Balaban J connectivity index is 2.94. The van der Waals surface area contributed by atoms with Gasteiger partial charge in [-0.1, -0.05) is 0 Å². The molecule has 0 aliphatic rings. The summed E-state index contributed by atoms with van der Waals surface area (Å²) in [4.78, 5) is 9.83. The van der Waals surface area contributed by atoms with Crippen LogP contribution in [0.1, 0.15) is 25.8 Å². The Morgan fingerprint density at radius 3 is 2.40 bits per heavy atom. The molecule has 0 atom stereocenters. The van der Waals surface area contributed by atoms with Gasteiger partial charge in [-0.15, -0.1) is 0 Å². The highest BCUT2D eigenvalue weighted by atomic mass is 19.4. The number of alkyl halides is 3. The number of hydrogen-bond acceptors (Lipinski definition) is 4. The molecule has 0 radical (unpaired) electrons. The zero-order chi connectivity index (χ0) is 15.6. The number of nitrogens with zero attached hydrogens (tertiary/aromatic N) is 1. The third-order valence-electron chi connectivity index (χ3n) is 2.45. The largest absolute Gasteiger partial charge is 0.487 e. The molecule has 0 aliphatic heterocycles. The third-order valence-corrected chi connectivity index (χ3v) is 2.45. The molecule has 0 aliphatic carbocycles. The van der Waals surface area contributed by atoms with E-state index in [-0.39, 0.29) is 18.8 Å². The van der Waals surface area contributed by atoms with Crippen molar-refractivity contribution in [3.8, 4) is 5.75 Å². The Morgan fingerprint density at radius 2 is 1.95 bits per heavy atom. The molecule has 1 rings (SSSR count). The highest BCUT2D eigenvalue weighted by Crippen LogP contribution is 2.36. The quantitative estimate of drug-likeness (QED) is 0.668. The Bertz CT molecular complexity index is 494. The molecule has 0 unspecified atom stereocenters. The van der Waals surface area contributed by atoms with E-state index in [9.17, 15) is 28.4 Å². The predicted octanol–water partition coefficient (Wildman–Crippen LogP) is 3.15. The maximum absolute atomic E-state index is 12.5. The summed E-state index contributed by atoms with van der Waals surface area (Å²) in [6, 6.07) is 2.05. The lowest BCUT2D eigenvalue weighted by molar-refractivity contribution is -0.386. The molecule has 112 valence electrons. The Morgan fingerprint density at radius 1 is 1.35 bits per heavy atom. The lowest BCUT2D eigenvalue weighted by atomic mass is 10.1. The molecule has 0 bridgehead atoms. The molecule has 20 heavy (non-hydrogen) atoms. The minimum atomic E-state index is -4.66. The number of rotatable bonds is 5. The zero-order valence-electron chi connectivity index (χ0n) is 10.9. The summed E-state index contributed by atoms with van der Waals surface area (Å²) in [7, 11) is 0. The number of halogens is 3. The van der Waals surface area contributed by atoms with Crippen LogP contribution in [-0.2, 0) is 6.18 Å². The molecule has 0 fully saturated rings. The first-order valence-corrected chi connectivity index (χ1v) is 5.71. The van der Waals surface area contributed by atoms with Crippen molar-refractivity contribution >= 4 is 5.69 Å². The van der Waals surface area contributed by atoms with Crippen molar-refractivity contribution in [1.29, 1.82) is 0 Å². The van der Waals surface area contributed by atoms with Crippen LogP contribution in [0.4, 0.5) is 18.9 Å². The van der Waals surface area contributed by atoms with Crippen LogP contribution >= 0.6 is 0 Å². The highest BCUT2D eigenvalue weighted by Gasteiger charge is 2.33. The molecule has 0 spiro atoms. The van der Waals surface area contributed by atoms with Gasteiger partial charge in [0.05, 0.1) is 22.7 Å². The fourth-order valence-electron chi connectivity index (χ4n) is 1.37. The van der Waals surface area contributed by atoms with Crippen LogP contribution in [0.2, 0.25) is 0 Å². The SMILES string of the molecule is CC(C)(O)CCOc1ccc(C(F)(F)F)cc1[N+](=O)[O-]. The van der Waals surface area contributed by atoms with Gasteiger partial charge in [-0.05, 0) is 26.0 Å². The summed E-state index contributed by atoms with van der Waals surface area (Å²) in [6.45, 7) is 3.00. The topological polar surface area (TPSA) is 72.6 Å². The summed E-state index contributed by atoms with van der Waals surface area (Å²) < 4.78 is 42.5. The maximum Gasteiger partial charge on any atom is 0.416 e. The van der Waals surface area contributed by atoms with Crippen LogP contribution in [-0.4, -0.2) is 22.2 Å². The number of benzene rings is 1. The number of aliphatic hydroxyl groups is 1. The van der Waals surface area contributed by atoms with Gasteiger partial charge in [0.25, 0.3) is 0 Å². The van der Waals surface area contributed by atoms with E-state index in [1.807, 2.05) is 0 Å². The molecular formula is C12H14F3NO4. The highest BCUT2D eigenvalue weighted by molar-refractivity contribution is 5.49. The van der Waals surface area contributed by atoms with Crippen LogP contribution in [0.5, 0.6) is 5.75 Å². The minimum absolute atomic E-state index is 0.0459. The van der Waals surface area contributed by atoms with Gasteiger partial charge >= 0.3 is 11.9 Å². The van der Waals surface area contributed by atoms with E-state index in [0.717, 1.165) is 6.07 Å². The number of hydrogen-bond donors (Lipinski definition) is 1. The van der Waals surface area contributed by atoms with Crippen LogP contribution in [0.3, 0.4) is 0 Å². The van der Waals surface area contributed by atoms with Crippen molar-refractivity contribution in [2.75, 3.05) is 6.61 Å². The van der Waals surface area contributed by atoms with Crippen LogP contribution in [0, 0.1) is 10.1 Å². The van der Waals surface area contributed by atoms with Crippen molar-refractivity contribution in [1.82, 2.24) is 0 Å². The van der Waals surface area contributed by atoms with Crippen molar-refractivity contribution in [3.05, 3.63) is 33.9 Å². The smallest absolute Gasteiger partial charge is 0.416 e. The van der Waals surface area contributed by atoms with Gasteiger partial charge < -0.3 is 9.84 Å². The standard InChI is InChI=1S/C12H14F3NO4/c1-11(2,17)5-6-20-10-4-3-8(12(13,14)15)7-9(10)16(18)19/h3-4,7,17H,5-6H2,1-2H3. The van der Waals surface area contributed by atoms with E-state index >= 15 is 0 Å². The van der Waals surface area contributed by atoms with E-state index in [2.05, 4.69) is 0 Å². The number of nitro benzene ring substituents is 1. The van der Waals surface area contributed by atoms with Gasteiger partial charge in [-0.25, -0.2) is 0 Å². The van der Waals surface area contributed by atoms with Crippen molar-refractivity contribution < 1.29 is 27.9 Å². The number of nitro groups is 1. The molecular weight excluding hydrogens is 279 g/mol. The summed E-state index contributed by atoms with van der Waals surface area (Å²) in [5, 5.41) is 20.2. The lowest BCUT2D eigenvalue weighted by Gasteiger charge is -2.17.